The summed E-state index contributed by atoms with van der Waals surface area (Å²) >= 11 is 0. The zero-order chi connectivity index (χ0) is 18.4. The van der Waals surface area contributed by atoms with Crippen molar-refractivity contribution in [1.82, 2.24) is 4.72 Å². The molecule has 0 radical (unpaired) electrons. The molecular weight excluding hydrogens is 350 g/mol. The van der Waals surface area contributed by atoms with Crippen molar-refractivity contribution in [2.75, 3.05) is 20.3 Å². The Labute approximate surface area is 156 Å². The van der Waals surface area contributed by atoms with Crippen LogP contribution in [0, 0.1) is 24.7 Å². The van der Waals surface area contributed by atoms with E-state index in [0.29, 0.717) is 18.9 Å². The summed E-state index contributed by atoms with van der Waals surface area (Å²) < 4.78 is 39.2. The van der Waals surface area contributed by atoms with Gasteiger partial charge in [-0.3, -0.25) is 0 Å². The molecule has 0 spiro atoms. The predicted octanol–water partition coefficient (Wildman–Crippen LogP) is 3.27. The molecule has 1 N–H and O–H groups in total. The van der Waals surface area contributed by atoms with Crippen molar-refractivity contribution in [2.45, 2.75) is 55.9 Å². The summed E-state index contributed by atoms with van der Waals surface area (Å²) in [5.41, 5.74) is 0.830. The van der Waals surface area contributed by atoms with E-state index < -0.39 is 10.0 Å². The van der Waals surface area contributed by atoms with E-state index in [1.165, 1.54) is 38.5 Å². The van der Waals surface area contributed by atoms with Crippen LogP contribution in [0.25, 0.3) is 0 Å². The van der Waals surface area contributed by atoms with Gasteiger partial charge in [-0.05, 0) is 87.0 Å². The lowest BCUT2D eigenvalue weighted by atomic mass is 9.54. The molecule has 4 saturated carbocycles. The Morgan fingerprint density at radius 1 is 1.12 bits per heavy atom. The van der Waals surface area contributed by atoms with E-state index in [9.17, 15) is 8.42 Å². The number of rotatable bonds is 7. The summed E-state index contributed by atoms with van der Waals surface area (Å²) in [5, 5.41) is 0. The van der Waals surface area contributed by atoms with Crippen LogP contribution in [-0.4, -0.2) is 34.3 Å². The van der Waals surface area contributed by atoms with Gasteiger partial charge in [0, 0.05) is 6.54 Å². The Kier molecular flexibility index (Phi) is 4.78. The monoisotopic (exact) mass is 379 g/mol. The first-order valence-electron chi connectivity index (χ1n) is 9.67. The molecule has 5 rings (SSSR count). The zero-order valence-electron chi connectivity index (χ0n) is 15.7. The largest absolute Gasteiger partial charge is 0.496 e. The maximum Gasteiger partial charge on any atom is 0.240 e. The lowest BCUT2D eigenvalue weighted by Crippen LogP contribution is -2.52. The number of ether oxygens (including phenoxy) is 2. The van der Waals surface area contributed by atoms with Crippen LogP contribution in [0.4, 0.5) is 0 Å². The Morgan fingerprint density at radius 2 is 1.73 bits per heavy atom. The molecule has 26 heavy (non-hydrogen) atoms. The molecule has 0 saturated heterocycles. The number of benzene rings is 1. The number of methoxy groups -OCH3 is 1. The number of aryl methyl sites for hydroxylation is 1. The minimum atomic E-state index is -3.52. The first-order valence-corrected chi connectivity index (χ1v) is 11.2. The molecule has 4 aliphatic rings. The maximum absolute atomic E-state index is 12.5. The van der Waals surface area contributed by atoms with E-state index >= 15 is 0 Å². The van der Waals surface area contributed by atoms with Crippen molar-refractivity contribution in [1.29, 1.82) is 0 Å². The second-order valence-corrected chi connectivity index (χ2v) is 10.2. The predicted molar refractivity (Wildman–Crippen MR) is 99.8 cm³/mol. The summed E-state index contributed by atoms with van der Waals surface area (Å²) in [6.07, 6.45) is 7.65. The fourth-order valence-corrected chi connectivity index (χ4v) is 6.85. The van der Waals surface area contributed by atoms with E-state index in [2.05, 4.69) is 4.72 Å². The standard InChI is InChI=1S/C20H29NO4S/c1-14-7-18(3-4-19(14)24-2)26(22,23)21-5-6-25-20-11-15-8-16(12-20)10-17(9-15)13-20/h3-4,7,15-17,21H,5-6,8-13H2,1-2H3. The minimum Gasteiger partial charge on any atom is -0.496 e. The lowest BCUT2D eigenvalue weighted by molar-refractivity contribution is -0.160. The molecule has 4 aliphatic carbocycles. The molecule has 6 heteroatoms. The van der Waals surface area contributed by atoms with Crippen LogP contribution in [0.5, 0.6) is 5.75 Å². The SMILES string of the molecule is COc1ccc(S(=O)(=O)NCCOC23CC4CC(CC(C4)C2)C3)cc1C. The van der Waals surface area contributed by atoms with Gasteiger partial charge < -0.3 is 9.47 Å². The molecule has 0 unspecified atom stereocenters. The minimum absolute atomic E-state index is 0.0247. The fraction of sp³-hybridized carbons (Fsp3) is 0.700. The Morgan fingerprint density at radius 3 is 2.27 bits per heavy atom. The normalized spacial score (nSPS) is 32.8. The highest BCUT2D eigenvalue weighted by Crippen LogP contribution is 2.57. The Bertz CT molecular complexity index is 739. The van der Waals surface area contributed by atoms with Crippen molar-refractivity contribution in [3.8, 4) is 5.75 Å². The van der Waals surface area contributed by atoms with Crippen LogP contribution in [0.3, 0.4) is 0 Å². The quantitative estimate of drug-likeness (QED) is 0.739. The van der Waals surface area contributed by atoms with Gasteiger partial charge in [0.05, 0.1) is 24.2 Å². The molecule has 0 heterocycles. The number of nitrogens with one attached hydrogen (secondary N) is 1. The third kappa shape index (κ3) is 3.51. The number of hydrogen-bond acceptors (Lipinski definition) is 4. The summed E-state index contributed by atoms with van der Waals surface area (Å²) in [6, 6.07) is 4.91. The molecule has 0 amide bonds. The molecule has 0 atom stereocenters. The van der Waals surface area contributed by atoms with Gasteiger partial charge in [-0.1, -0.05) is 0 Å². The van der Waals surface area contributed by atoms with Crippen molar-refractivity contribution in [3.63, 3.8) is 0 Å². The van der Waals surface area contributed by atoms with Crippen LogP contribution in [0.15, 0.2) is 23.1 Å². The van der Waals surface area contributed by atoms with E-state index in [-0.39, 0.29) is 10.5 Å². The zero-order valence-corrected chi connectivity index (χ0v) is 16.5. The average Bonchev–Trinajstić information content (AvgIpc) is 2.57. The summed E-state index contributed by atoms with van der Waals surface area (Å²) in [6.45, 7) is 2.60. The van der Waals surface area contributed by atoms with Gasteiger partial charge in [0.15, 0.2) is 0 Å². The van der Waals surface area contributed by atoms with Crippen molar-refractivity contribution in [2.24, 2.45) is 17.8 Å². The Balaban J connectivity index is 1.32. The van der Waals surface area contributed by atoms with Crippen LogP contribution in [0.1, 0.15) is 44.1 Å². The van der Waals surface area contributed by atoms with Gasteiger partial charge in [0.2, 0.25) is 10.0 Å². The first-order chi connectivity index (χ1) is 12.4. The highest BCUT2D eigenvalue weighted by atomic mass is 32.2. The molecule has 4 fully saturated rings. The topological polar surface area (TPSA) is 64.6 Å². The van der Waals surface area contributed by atoms with Crippen LogP contribution in [-0.2, 0) is 14.8 Å². The van der Waals surface area contributed by atoms with E-state index in [1.54, 1.807) is 25.3 Å². The summed E-state index contributed by atoms with van der Waals surface area (Å²) in [4.78, 5) is 0.269. The highest BCUT2D eigenvalue weighted by Gasteiger charge is 2.51. The first kappa shape index (κ1) is 18.3. The van der Waals surface area contributed by atoms with Gasteiger partial charge in [-0.25, -0.2) is 13.1 Å². The molecule has 4 bridgehead atoms. The third-order valence-corrected chi connectivity index (χ3v) is 7.92. The second kappa shape index (κ2) is 6.80. The van der Waals surface area contributed by atoms with Crippen LogP contribution in [0.2, 0.25) is 0 Å². The van der Waals surface area contributed by atoms with Gasteiger partial charge in [0.1, 0.15) is 5.75 Å². The molecule has 0 aromatic heterocycles. The van der Waals surface area contributed by atoms with Crippen molar-refractivity contribution in [3.05, 3.63) is 23.8 Å². The van der Waals surface area contributed by atoms with Gasteiger partial charge in [-0.15, -0.1) is 0 Å². The fourth-order valence-electron chi connectivity index (χ4n) is 5.75. The van der Waals surface area contributed by atoms with Crippen LogP contribution < -0.4 is 9.46 Å². The van der Waals surface area contributed by atoms with Crippen molar-refractivity contribution >= 4 is 10.0 Å². The second-order valence-electron chi connectivity index (χ2n) is 8.48. The summed E-state index contributed by atoms with van der Waals surface area (Å²) in [7, 11) is -1.94. The number of hydrogen-bond donors (Lipinski definition) is 1. The van der Waals surface area contributed by atoms with Gasteiger partial charge in [0.25, 0.3) is 0 Å². The summed E-state index contributed by atoms with van der Waals surface area (Å²) in [5.74, 6) is 3.19. The Hall–Kier alpha value is -1.11. The van der Waals surface area contributed by atoms with Gasteiger partial charge in [-0.2, -0.15) is 0 Å². The number of sulfonamides is 1. The molecule has 5 nitrogen and oxygen atoms in total. The molecule has 144 valence electrons. The van der Waals surface area contributed by atoms with E-state index in [1.807, 2.05) is 6.92 Å². The maximum atomic E-state index is 12.5. The average molecular weight is 380 g/mol. The van der Waals surface area contributed by atoms with Crippen LogP contribution >= 0.6 is 0 Å². The van der Waals surface area contributed by atoms with Crippen molar-refractivity contribution < 1.29 is 17.9 Å². The van der Waals surface area contributed by atoms with E-state index in [4.69, 9.17) is 9.47 Å². The van der Waals surface area contributed by atoms with Gasteiger partial charge >= 0.3 is 0 Å². The highest BCUT2D eigenvalue weighted by molar-refractivity contribution is 7.89. The molecule has 1 aromatic carbocycles. The smallest absolute Gasteiger partial charge is 0.240 e. The third-order valence-electron chi connectivity index (χ3n) is 6.46. The molecule has 0 aliphatic heterocycles. The van der Waals surface area contributed by atoms with E-state index in [0.717, 1.165) is 23.3 Å². The molecule has 1 aromatic rings. The lowest BCUT2D eigenvalue weighted by Gasteiger charge is -2.56. The molecular formula is C20H29NO4S.